The minimum atomic E-state index is -2.71. The van der Waals surface area contributed by atoms with Gasteiger partial charge in [-0.05, 0) is 44.1 Å². The van der Waals surface area contributed by atoms with Crippen LogP contribution in [0.5, 0.6) is 0 Å². The summed E-state index contributed by atoms with van der Waals surface area (Å²) in [5, 5.41) is 2.73. The highest BCUT2D eigenvalue weighted by Gasteiger charge is 2.40. The summed E-state index contributed by atoms with van der Waals surface area (Å²) in [6.45, 7) is 1.05. The van der Waals surface area contributed by atoms with Crippen molar-refractivity contribution in [2.75, 3.05) is 5.33 Å². The zero-order chi connectivity index (χ0) is 19.2. The van der Waals surface area contributed by atoms with Gasteiger partial charge in [-0.15, -0.1) is 0 Å². The number of Topliss-reactive ketones (excluding diaryl/α,β-unsaturated/α-hetero) is 1. The Balaban J connectivity index is 1.91. The lowest BCUT2D eigenvalue weighted by molar-refractivity contribution is -0.120. The van der Waals surface area contributed by atoms with Crippen molar-refractivity contribution in [1.29, 1.82) is 0 Å². The average Bonchev–Trinajstić information content (AvgIpc) is 2.64. The SMILES string of the molecule is CC(F)(F)C1CCC(C(NC(=O)OCc2ccccc2)C(=O)CBr)CC1. The lowest BCUT2D eigenvalue weighted by Gasteiger charge is -2.35. The fraction of sp³-hybridized carbons (Fsp3) is 0.579. The largest absolute Gasteiger partial charge is 0.445 e. The van der Waals surface area contributed by atoms with Crippen LogP contribution in [0.25, 0.3) is 0 Å². The number of hydrogen-bond acceptors (Lipinski definition) is 3. The Kier molecular flexibility index (Phi) is 7.55. The van der Waals surface area contributed by atoms with Crippen molar-refractivity contribution in [2.24, 2.45) is 11.8 Å². The molecule has 0 radical (unpaired) electrons. The van der Waals surface area contributed by atoms with E-state index in [9.17, 15) is 18.4 Å². The number of hydrogen-bond donors (Lipinski definition) is 1. The van der Waals surface area contributed by atoms with Crippen molar-refractivity contribution in [3.05, 3.63) is 35.9 Å². The molecule has 1 N–H and O–H groups in total. The molecule has 0 bridgehead atoms. The summed E-state index contributed by atoms with van der Waals surface area (Å²) in [5.41, 5.74) is 0.844. The first-order valence-electron chi connectivity index (χ1n) is 8.75. The summed E-state index contributed by atoms with van der Waals surface area (Å²) >= 11 is 3.13. The fourth-order valence-corrected chi connectivity index (χ4v) is 3.74. The van der Waals surface area contributed by atoms with Gasteiger partial charge in [0.1, 0.15) is 6.61 Å². The van der Waals surface area contributed by atoms with E-state index in [1.54, 1.807) is 0 Å². The Morgan fingerprint density at radius 2 is 1.85 bits per heavy atom. The van der Waals surface area contributed by atoms with Crippen LogP contribution in [-0.4, -0.2) is 29.2 Å². The van der Waals surface area contributed by atoms with Gasteiger partial charge in [0, 0.05) is 5.92 Å². The zero-order valence-electron chi connectivity index (χ0n) is 14.7. The van der Waals surface area contributed by atoms with Crippen molar-refractivity contribution in [2.45, 2.75) is 51.2 Å². The van der Waals surface area contributed by atoms with Gasteiger partial charge in [-0.2, -0.15) is 0 Å². The third-order valence-electron chi connectivity index (χ3n) is 4.92. The van der Waals surface area contributed by atoms with Gasteiger partial charge in [0.2, 0.25) is 5.92 Å². The summed E-state index contributed by atoms with van der Waals surface area (Å²) in [6.07, 6.45) is 0.991. The number of ketones is 1. The second kappa shape index (κ2) is 9.44. The summed E-state index contributed by atoms with van der Waals surface area (Å²) in [5.74, 6) is -3.69. The Morgan fingerprint density at radius 1 is 1.23 bits per heavy atom. The van der Waals surface area contributed by atoms with Crippen molar-refractivity contribution in [3.63, 3.8) is 0 Å². The minimum Gasteiger partial charge on any atom is -0.445 e. The van der Waals surface area contributed by atoms with Gasteiger partial charge < -0.3 is 10.1 Å². The Labute approximate surface area is 160 Å². The molecule has 1 atom stereocenters. The lowest BCUT2D eigenvalue weighted by Crippen LogP contribution is -2.48. The standard InChI is InChI=1S/C19H24BrF2NO3/c1-19(21,22)15-9-7-14(8-10-15)17(16(24)11-20)23-18(25)26-12-13-5-3-2-4-6-13/h2-6,14-15,17H,7-12H2,1H3,(H,23,25). The summed E-state index contributed by atoms with van der Waals surface area (Å²) in [4.78, 5) is 24.3. The highest BCUT2D eigenvalue weighted by molar-refractivity contribution is 9.09. The molecule has 1 unspecified atom stereocenters. The van der Waals surface area contributed by atoms with Gasteiger partial charge in [0.25, 0.3) is 0 Å². The summed E-state index contributed by atoms with van der Waals surface area (Å²) < 4.78 is 32.1. The molecular weight excluding hydrogens is 408 g/mol. The predicted octanol–water partition coefficient (Wildman–Crippen LogP) is 4.71. The van der Waals surface area contributed by atoms with Crippen LogP contribution in [0.1, 0.15) is 38.2 Å². The van der Waals surface area contributed by atoms with Gasteiger partial charge in [0.15, 0.2) is 5.78 Å². The number of carbonyl (C=O) groups is 2. The number of rotatable bonds is 7. The zero-order valence-corrected chi connectivity index (χ0v) is 16.3. The molecule has 1 amide bonds. The fourth-order valence-electron chi connectivity index (χ4n) is 3.40. The number of nitrogens with one attached hydrogen (secondary N) is 1. The molecule has 2 rings (SSSR count). The Morgan fingerprint density at radius 3 is 2.38 bits per heavy atom. The molecule has 1 saturated carbocycles. The lowest BCUT2D eigenvalue weighted by atomic mass is 9.75. The Hall–Kier alpha value is -1.50. The highest BCUT2D eigenvalue weighted by Crippen LogP contribution is 2.39. The number of halogens is 3. The van der Waals surface area contributed by atoms with Gasteiger partial charge >= 0.3 is 6.09 Å². The van der Waals surface area contributed by atoms with Crippen molar-refractivity contribution >= 4 is 27.8 Å². The third-order valence-corrected chi connectivity index (χ3v) is 5.48. The van der Waals surface area contributed by atoms with E-state index in [4.69, 9.17) is 4.74 Å². The first-order chi connectivity index (χ1) is 12.3. The topological polar surface area (TPSA) is 55.4 Å². The van der Waals surface area contributed by atoms with E-state index in [1.807, 2.05) is 30.3 Å². The molecule has 7 heteroatoms. The van der Waals surface area contributed by atoms with E-state index in [0.29, 0.717) is 25.7 Å². The maximum atomic E-state index is 13.5. The first-order valence-corrected chi connectivity index (χ1v) is 9.87. The number of alkyl carbamates (subject to hydrolysis) is 1. The van der Waals surface area contributed by atoms with Crippen LogP contribution in [0, 0.1) is 11.8 Å². The first kappa shape index (κ1) is 20.8. The summed E-state index contributed by atoms with van der Waals surface area (Å²) in [6, 6.07) is 8.50. The number of amides is 1. The van der Waals surface area contributed by atoms with Crippen LogP contribution >= 0.6 is 15.9 Å². The van der Waals surface area contributed by atoms with Crippen molar-refractivity contribution < 1.29 is 23.1 Å². The van der Waals surface area contributed by atoms with Gasteiger partial charge in [0.05, 0.1) is 11.4 Å². The minimum absolute atomic E-state index is 0.0977. The van der Waals surface area contributed by atoms with Gasteiger partial charge in [-0.3, -0.25) is 4.79 Å². The molecule has 0 saturated heterocycles. The van der Waals surface area contributed by atoms with Crippen LogP contribution in [0.4, 0.5) is 13.6 Å². The van der Waals surface area contributed by atoms with Gasteiger partial charge in [-0.25, -0.2) is 13.6 Å². The molecule has 144 valence electrons. The summed E-state index contributed by atoms with van der Waals surface area (Å²) in [7, 11) is 0. The smallest absolute Gasteiger partial charge is 0.408 e. The average molecular weight is 432 g/mol. The van der Waals surface area contributed by atoms with E-state index >= 15 is 0 Å². The number of carbonyl (C=O) groups excluding carboxylic acids is 2. The molecule has 0 spiro atoms. The predicted molar refractivity (Wildman–Crippen MR) is 98.4 cm³/mol. The third kappa shape index (κ3) is 6.04. The molecule has 1 aliphatic rings. The van der Waals surface area contributed by atoms with E-state index in [2.05, 4.69) is 21.2 Å². The molecule has 0 aliphatic heterocycles. The van der Waals surface area contributed by atoms with Crippen LogP contribution in [-0.2, 0) is 16.1 Å². The maximum Gasteiger partial charge on any atom is 0.408 e. The van der Waals surface area contributed by atoms with E-state index in [-0.39, 0.29) is 23.6 Å². The van der Waals surface area contributed by atoms with E-state index in [1.165, 1.54) is 0 Å². The number of benzene rings is 1. The van der Waals surface area contributed by atoms with E-state index in [0.717, 1.165) is 12.5 Å². The van der Waals surface area contributed by atoms with E-state index < -0.39 is 24.0 Å². The van der Waals surface area contributed by atoms with Crippen LogP contribution < -0.4 is 5.32 Å². The van der Waals surface area contributed by atoms with Gasteiger partial charge in [-0.1, -0.05) is 46.3 Å². The molecule has 4 nitrogen and oxygen atoms in total. The van der Waals surface area contributed by atoms with Crippen molar-refractivity contribution in [3.8, 4) is 0 Å². The molecule has 1 aromatic carbocycles. The number of ether oxygens (including phenoxy) is 1. The quantitative estimate of drug-likeness (QED) is 0.636. The Bertz CT molecular complexity index is 599. The monoisotopic (exact) mass is 431 g/mol. The normalized spacial score (nSPS) is 21.7. The van der Waals surface area contributed by atoms with Crippen molar-refractivity contribution in [1.82, 2.24) is 5.32 Å². The molecule has 1 aromatic rings. The molecule has 0 aromatic heterocycles. The maximum absolute atomic E-state index is 13.5. The van der Waals surface area contributed by atoms with Crippen LogP contribution in [0.15, 0.2) is 30.3 Å². The highest BCUT2D eigenvalue weighted by atomic mass is 79.9. The molecule has 1 aliphatic carbocycles. The molecule has 1 fully saturated rings. The second-order valence-corrected chi connectivity index (χ2v) is 7.41. The number of alkyl halides is 3. The molecular formula is C19H24BrF2NO3. The second-order valence-electron chi connectivity index (χ2n) is 6.85. The van der Waals surface area contributed by atoms with Crippen LogP contribution in [0.2, 0.25) is 0 Å². The molecule has 26 heavy (non-hydrogen) atoms. The molecule has 0 heterocycles. The van der Waals surface area contributed by atoms with Crippen LogP contribution in [0.3, 0.4) is 0 Å².